The van der Waals surface area contributed by atoms with Crippen molar-refractivity contribution in [3.8, 4) is 0 Å². The van der Waals surface area contributed by atoms with Gasteiger partial charge in [0, 0.05) is 29.5 Å². The lowest BCUT2D eigenvalue weighted by Gasteiger charge is -2.37. The maximum atomic E-state index is 5.77. The number of piperidine rings is 1. The summed E-state index contributed by atoms with van der Waals surface area (Å²) >= 11 is 3.46. The summed E-state index contributed by atoms with van der Waals surface area (Å²) < 4.78 is 0.965. The normalized spacial score (nSPS) is 19.5. The van der Waals surface area contributed by atoms with Gasteiger partial charge in [-0.25, -0.2) is 0 Å². The van der Waals surface area contributed by atoms with Crippen LogP contribution in [0.5, 0.6) is 0 Å². The molecule has 1 aliphatic rings. The van der Waals surface area contributed by atoms with Crippen LogP contribution in [0.25, 0.3) is 11.0 Å². The van der Waals surface area contributed by atoms with Crippen LogP contribution in [0, 0.1) is 0 Å². The fourth-order valence-corrected chi connectivity index (χ4v) is 3.35. The van der Waals surface area contributed by atoms with Crippen LogP contribution in [0.2, 0.25) is 0 Å². The molecule has 0 spiro atoms. The molecule has 2 aromatic heterocycles. The van der Waals surface area contributed by atoms with Crippen LogP contribution in [0.15, 0.2) is 29.0 Å². The van der Waals surface area contributed by atoms with Crippen LogP contribution in [-0.4, -0.2) is 29.1 Å². The van der Waals surface area contributed by atoms with Gasteiger partial charge in [-0.2, -0.15) is 0 Å². The van der Waals surface area contributed by atoms with Gasteiger partial charge in [-0.1, -0.05) is 0 Å². The summed E-state index contributed by atoms with van der Waals surface area (Å²) in [5.74, 6) is 0. The van der Waals surface area contributed by atoms with Crippen molar-refractivity contribution in [3.05, 3.63) is 29.0 Å². The fraction of sp³-hybridized carbons (Fsp3) is 0.467. The van der Waals surface area contributed by atoms with Crippen molar-refractivity contribution in [1.82, 2.24) is 9.97 Å². The topological polar surface area (TPSA) is 55.0 Å². The Labute approximate surface area is 127 Å². The number of nitrogens with zero attached hydrogens (tertiary/aromatic N) is 3. The highest BCUT2D eigenvalue weighted by molar-refractivity contribution is 9.10. The Hall–Kier alpha value is -1.20. The summed E-state index contributed by atoms with van der Waals surface area (Å²) in [5, 5.41) is 0. The summed E-state index contributed by atoms with van der Waals surface area (Å²) in [4.78, 5) is 11.5. The molecule has 20 heavy (non-hydrogen) atoms. The van der Waals surface area contributed by atoms with E-state index in [-0.39, 0.29) is 0 Å². The minimum atomic E-state index is 0.532. The van der Waals surface area contributed by atoms with Crippen molar-refractivity contribution in [1.29, 1.82) is 0 Å². The summed E-state index contributed by atoms with van der Waals surface area (Å²) in [7, 11) is 0. The molecule has 5 heteroatoms. The van der Waals surface area contributed by atoms with Crippen LogP contribution in [0.1, 0.15) is 25.7 Å². The second kappa shape index (κ2) is 6.06. The molecular formula is C15H19BrN4. The number of fused-ring (bicyclic) bond motifs is 1. The first-order valence-corrected chi connectivity index (χ1v) is 7.96. The van der Waals surface area contributed by atoms with Gasteiger partial charge in [0.25, 0.3) is 0 Å². The van der Waals surface area contributed by atoms with Crippen LogP contribution in [0.3, 0.4) is 0 Å². The lowest BCUT2D eigenvalue weighted by molar-refractivity contribution is 0.442. The van der Waals surface area contributed by atoms with E-state index in [0.717, 1.165) is 35.0 Å². The first kappa shape index (κ1) is 13.8. The average molecular weight is 335 g/mol. The minimum Gasteiger partial charge on any atom is -0.367 e. The fourth-order valence-electron chi connectivity index (χ4n) is 3.03. The van der Waals surface area contributed by atoms with E-state index in [2.05, 4.69) is 36.9 Å². The van der Waals surface area contributed by atoms with Crippen molar-refractivity contribution in [2.45, 2.75) is 31.7 Å². The zero-order chi connectivity index (χ0) is 13.9. The molecule has 0 bridgehead atoms. The predicted octanol–water partition coefficient (Wildman–Crippen LogP) is 3.10. The standard InChI is InChI=1S/C15H19BrN4/c16-11-9-13-15(19-10-11)14(5-7-18-13)20-8-2-1-3-12(20)4-6-17/h5,7,9-10,12H,1-4,6,8,17H2. The van der Waals surface area contributed by atoms with Crippen LogP contribution < -0.4 is 10.6 Å². The van der Waals surface area contributed by atoms with E-state index in [1.165, 1.54) is 24.9 Å². The van der Waals surface area contributed by atoms with E-state index >= 15 is 0 Å². The number of nitrogens with two attached hydrogens (primary N) is 1. The zero-order valence-electron chi connectivity index (χ0n) is 11.4. The van der Waals surface area contributed by atoms with E-state index in [1.54, 1.807) is 0 Å². The lowest BCUT2D eigenvalue weighted by atomic mass is 9.98. The molecule has 0 aromatic carbocycles. The number of aromatic nitrogens is 2. The quantitative estimate of drug-likeness (QED) is 0.936. The van der Waals surface area contributed by atoms with Gasteiger partial charge in [-0.15, -0.1) is 0 Å². The van der Waals surface area contributed by atoms with Gasteiger partial charge >= 0.3 is 0 Å². The van der Waals surface area contributed by atoms with Crippen LogP contribution >= 0.6 is 15.9 Å². The molecule has 1 atom stereocenters. The molecule has 0 radical (unpaired) electrons. The number of halogens is 1. The number of pyridine rings is 2. The Bertz CT molecular complexity index is 599. The summed E-state index contributed by atoms with van der Waals surface area (Å²) in [6, 6.07) is 4.64. The Morgan fingerprint density at radius 1 is 1.35 bits per heavy atom. The third-order valence-electron chi connectivity index (χ3n) is 3.96. The molecule has 3 rings (SSSR count). The van der Waals surface area contributed by atoms with Crippen molar-refractivity contribution < 1.29 is 0 Å². The largest absolute Gasteiger partial charge is 0.367 e. The summed E-state index contributed by atoms with van der Waals surface area (Å²) in [6.45, 7) is 1.82. The molecule has 2 aromatic rings. The first-order chi connectivity index (χ1) is 9.79. The number of anilines is 1. The monoisotopic (exact) mass is 334 g/mol. The van der Waals surface area contributed by atoms with E-state index in [0.29, 0.717) is 6.04 Å². The molecular weight excluding hydrogens is 316 g/mol. The molecule has 2 N–H and O–H groups in total. The van der Waals surface area contributed by atoms with Crippen molar-refractivity contribution in [3.63, 3.8) is 0 Å². The maximum Gasteiger partial charge on any atom is 0.112 e. The molecule has 1 fully saturated rings. The SMILES string of the molecule is NCCC1CCCCN1c1ccnc2cc(Br)cnc12. The van der Waals surface area contributed by atoms with Crippen molar-refractivity contribution >= 4 is 32.7 Å². The predicted molar refractivity (Wildman–Crippen MR) is 85.9 cm³/mol. The molecule has 1 saturated heterocycles. The maximum absolute atomic E-state index is 5.77. The molecule has 0 saturated carbocycles. The van der Waals surface area contributed by atoms with Crippen LogP contribution in [0.4, 0.5) is 5.69 Å². The second-order valence-corrected chi connectivity index (χ2v) is 6.19. The third-order valence-corrected chi connectivity index (χ3v) is 4.39. The van der Waals surface area contributed by atoms with Gasteiger partial charge in [0.1, 0.15) is 5.52 Å². The van der Waals surface area contributed by atoms with E-state index in [1.807, 2.05) is 18.5 Å². The number of rotatable bonds is 3. The smallest absolute Gasteiger partial charge is 0.112 e. The highest BCUT2D eigenvalue weighted by atomic mass is 79.9. The first-order valence-electron chi connectivity index (χ1n) is 7.16. The van der Waals surface area contributed by atoms with Gasteiger partial charge in [0.2, 0.25) is 0 Å². The van der Waals surface area contributed by atoms with Gasteiger partial charge in [0.05, 0.1) is 11.2 Å². The van der Waals surface area contributed by atoms with Gasteiger partial charge < -0.3 is 10.6 Å². The van der Waals surface area contributed by atoms with Gasteiger partial charge in [-0.3, -0.25) is 9.97 Å². The number of hydrogen-bond donors (Lipinski definition) is 1. The molecule has 1 unspecified atom stereocenters. The molecule has 0 aliphatic carbocycles. The summed E-state index contributed by atoms with van der Waals surface area (Å²) in [5.41, 5.74) is 8.89. The Kier molecular flexibility index (Phi) is 4.17. The lowest BCUT2D eigenvalue weighted by Crippen LogP contribution is -2.41. The van der Waals surface area contributed by atoms with E-state index in [4.69, 9.17) is 5.73 Å². The van der Waals surface area contributed by atoms with Gasteiger partial charge in [0.15, 0.2) is 0 Å². The molecule has 106 valence electrons. The van der Waals surface area contributed by atoms with Crippen molar-refractivity contribution in [2.24, 2.45) is 5.73 Å². The van der Waals surface area contributed by atoms with Crippen LogP contribution in [-0.2, 0) is 0 Å². The Balaban J connectivity index is 2.03. The highest BCUT2D eigenvalue weighted by Gasteiger charge is 2.23. The minimum absolute atomic E-state index is 0.532. The van der Waals surface area contributed by atoms with Crippen molar-refractivity contribution in [2.75, 3.05) is 18.0 Å². The molecule has 4 nitrogen and oxygen atoms in total. The number of hydrogen-bond acceptors (Lipinski definition) is 4. The van der Waals surface area contributed by atoms with E-state index in [9.17, 15) is 0 Å². The molecule has 3 heterocycles. The Morgan fingerprint density at radius 2 is 2.25 bits per heavy atom. The zero-order valence-corrected chi connectivity index (χ0v) is 13.0. The average Bonchev–Trinajstić information content (AvgIpc) is 2.47. The molecule has 0 amide bonds. The van der Waals surface area contributed by atoms with E-state index < -0.39 is 0 Å². The highest BCUT2D eigenvalue weighted by Crippen LogP contribution is 2.31. The summed E-state index contributed by atoms with van der Waals surface area (Å²) in [6.07, 6.45) is 8.51. The molecule has 1 aliphatic heterocycles. The van der Waals surface area contributed by atoms with Gasteiger partial charge in [-0.05, 0) is 60.3 Å². The second-order valence-electron chi connectivity index (χ2n) is 5.27. The third kappa shape index (κ3) is 2.65. The Morgan fingerprint density at radius 3 is 3.10 bits per heavy atom.